The molecule has 0 saturated carbocycles. The molecule has 1 atom stereocenters. The van der Waals surface area contributed by atoms with Gasteiger partial charge in [-0.1, -0.05) is 23.7 Å². The average Bonchev–Trinajstić information content (AvgIpc) is 2.20. The van der Waals surface area contributed by atoms with Crippen LogP contribution in [0.4, 0.5) is 0 Å². The van der Waals surface area contributed by atoms with E-state index in [2.05, 4.69) is 0 Å². The van der Waals surface area contributed by atoms with E-state index in [-0.39, 0.29) is 5.91 Å². The molecule has 0 spiro atoms. The third-order valence-corrected chi connectivity index (χ3v) is 2.48. The molecule has 0 aliphatic heterocycles. The fourth-order valence-electron chi connectivity index (χ4n) is 1.41. The lowest BCUT2D eigenvalue weighted by Crippen LogP contribution is -2.34. The number of hydrogen-bond donors (Lipinski definition) is 1. The number of carbonyl (C=O) groups excluding carboxylic acids is 1. The average molecular weight is 242 g/mol. The van der Waals surface area contributed by atoms with Crippen LogP contribution in [0.1, 0.15) is 12.5 Å². The molecule has 1 N–H and O–H groups in total. The molecule has 4 heteroatoms. The highest BCUT2D eigenvalue weighted by Gasteiger charge is 2.11. The summed E-state index contributed by atoms with van der Waals surface area (Å²) in [6.07, 6.45) is -0.167. The highest BCUT2D eigenvalue weighted by molar-refractivity contribution is 6.30. The Morgan fingerprint density at radius 1 is 1.44 bits per heavy atom. The van der Waals surface area contributed by atoms with Crippen LogP contribution in [-0.4, -0.2) is 35.6 Å². The monoisotopic (exact) mass is 241 g/mol. The van der Waals surface area contributed by atoms with Gasteiger partial charge < -0.3 is 10.0 Å². The van der Waals surface area contributed by atoms with Crippen LogP contribution in [0.5, 0.6) is 0 Å². The molecular formula is C12H16ClNO2. The summed E-state index contributed by atoms with van der Waals surface area (Å²) < 4.78 is 0. The van der Waals surface area contributed by atoms with E-state index in [1.165, 1.54) is 4.90 Å². The molecule has 0 aromatic heterocycles. The second-order valence-corrected chi connectivity index (χ2v) is 4.36. The van der Waals surface area contributed by atoms with Crippen LogP contribution in [0.2, 0.25) is 5.02 Å². The van der Waals surface area contributed by atoms with Crippen molar-refractivity contribution in [2.45, 2.75) is 19.4 Å². The second kappa shape index (κ2) is 5.87. The first kappa shape index (κ1) is 13.0. The van der Waals surface area contributed by atoms with E-state index in [0.29, 0.717) is 18.0 Å². The van der Waals surface area contributed by atoms with Gasteiger partial charge in [0.1, 0.15) is 0 Å². The van der Waals surface area contributed by atoms with Crippen molar-refractivity contribution in [2.75, 3.05) is 13.6 Å². The van der Waals surface area contributed by atoms with Gasteiger partial charge in [-0.15, -0.1) is 0 Å². The first-order valence-electron chi connectivity index (χ1n) is 5.15. The smallest absolute Gasteiger partial charge is 0.226 e. The van der Waals surface area contributed by atoms with Crippen LogP contribution >= 0.6 is 11.6 Å². The Kier molecular flexibility index (Phi) is 4.77. The van der Waals surface area contributed by atoms with Gasteiger partial charge in [-0.05, 0) is 24.6 Å². The van der Waals surface area contributed by atoms with Crippen LogP contribution < -0.4 is 0 Å². The first-order valence-corrected chi connectivity index (χ1v) is 5.53. The zero-order chi connectivity index (χ0) is 12.1. The number of carbonyl (C=O) groups is 1. The van der Waals surface area contributed by atoms with Crippen LogP contribution in [0, 0.1) is 0 Å². The maximum Gasteiger partial charge on any atom is 0.226 e. The highest BCUT2D eigenvalue weighted by Crippen LogP contribution is 2.10. The molecule has 1 rings (SSSR count). The summed E-state index contributed by atoms with van der Waals surface area (Å²) in [5.41, 5.74) is 0.923. The van der Waals surface area contributed by atoms with Crippen molar-refractivity contribution in [1.82, 2.24) is 4.90 Å². The standard InChI is InChI=1S/C12H16ClNO2/c1-9(15)8-14(2)12(16)7-10-3-5-11(13)6-4-10/h3-6,9,15H,7-8H2,1-2H3. The summed E-state index contributed by atoms with van der Waals surface area (Å²) >= 11 is 5.75. The van der Waals surface area contributed by atoms with E-state index in [1.807, 2.05) is 12.1 Å². The second-order valence-electron chi connectivity index (χ2n) is 3.93. The topological polar surface area (TPSA) is 40.5 Å². The number of halogens is 1. The molecule has 1 aromatic rings. The van der Waals surface area contributed by atoms with Crippen molar-refractivity contribution in [3.8, 4) is 0 Å². The van der Waals surface area contributed by atoms with E-state index >= 15 is 0 Å². The maximum atomic E-state index is 11.7. The SMILES string of the molecule is CC(O)CN(C)C(=O)Cc1ccc(Cl)cc1. The van der Waals surface area contributed by atoms with Gasteiger partial charge in [-0.3, -0.25) is 4.79 Å². The molecule has 16 heavy (non-hydrogen) atoms. The van der Waals surface area contributed by atoms with Crippen LogP contribution in [0.25, 0.3) is 0 Å². The number of aliphatic hydroxyl groups excluding tert-OH is 1. The van der Waals surface area contributed by atoms with Gasteiger partial charge in [-0.25, -0.2) is 0 Å². The van der Waals surface area contributed by atoms with Gasteiger partial charge in [-0.2, -0.15) is 0 Å². The lowest BCUT2D eigenvalue weighted by Gasteiger charge is -2.18. The highest BCUT2D eigenvalue weighted by atomic mass is 35.5. The van der Waals surface area contributed by atoms with Gasteiger partial charge in [0.15, 0.2) is 0 Å². The predicted molar refractivity (Wildman–Crippen MR) is 64.5 cm³/mol. The van der Waals surface area contributed by atoms with Gasteiger partial charge in [0.05, 0.1) is 12.5 Å². The zero-order valence-electron chi connectivity index (χ0n) is 9.48. The Morgan fingerprint density at radius 3 is 2.50 bits per heavy atom. The summed E-state index contributed by atoms with van der Waals surface area (Å²) in [7, 11) is 1.69. The Bertz CT molecular complexity index is 349. The van der Waals surface area contributed by atoms with Gasteiger partial charge in [0.2, 0.25) is 5.91 Å². The predicted octanol–water partition coefficient (Wildman–Crippen LogP) is 1.72. The molecule has 3 nitrogen and oxygen atoms in total. The first-order chi connectivity index (χ1) is 7.49. The van der Waals surface area contributed by atoms with Crippen molar-refractivity contribution >= 4 is 17.5 Å². The molecular weight excluding hydrogens is 226 g/mol. The summed E-state index contributed by atoms with van der Waals surface area (Å²) in [5.74, 6) is -0.0109. The zero-order valence-corrected chi connectivity index (χ0v) is 10.2. The normalized spacial score (nSPS) is 12.2. The largest absolute Gasteiger partial charge is 0.392 e. The molecule has 1 aromatic carbocycles. The minimum atomic E-state index is -0.501. The molecule has 88 valence electrons. The molecule has 0 heterocycles. The number of likely N-dealkylation sites (N-methyl/N-ethyl adjacent to an activating group) is 1. The van der Waals surface area contributed by atoms with E-state index in [9.17, 15) is 4.79 Å². The van der Waals surface area contributed by atoms with Crippen LogP contribution in [-0.2, 0) is 11.2 Å². The lowest BCUT2D eigenvalue weighted by molar-refractivity contribution is -0.130. The number of aliphatic hydroxyl groups is 1. The molecule has 0 fully saturated rings. The molecule has 0 aliphatic rings. The van der Waals surface area contributed by atoms with Crippen molar-refractivity contribution < 1.29 is 9.90 Å². The molecule has 0 saturated heterocycles. The van der Waals surface area contributed by atoms with Crippen molar-refractivity contribution in [3.63, 3.8) is 0 Å². The summed E-state index contributed by atoms with van der Waals surface area (Å²) in [6, 6.07) is 7.19. The number of amides is 1. The van der Waals surface area contributed by atoms with Crippen LogP contribution in [0.3, 0.4) is 0 Å². The molecule has 0 bridgehead atoms. The molecule has 0 aliphatic carbocycles. The van der Waals surface area contributed by atoms with E-state index < -0.39 is 6.10 Å². The third-order valence-electron chi connectivity index (χ3n) is 2.23. The number of benzene rings is 1. The number of rotatable bonds is 4. The molecule has 1 unspecified atom stereocenters. The quantitative estimate of drug-likeness (QED) is 0.872. The Hall–Kier alpha value is -1.06. The minimum Gasteiger partial charge on any atom is -0.392 e. The summed E-state index contributed by atoms with van der Waals surface area (Å²) in [4.78, 5) is 13.2. The van der Waals surface area contributed by atoms with Crippen molar-refractivity contribution in [2.24, 2.45) is 0 Å². The van der Waals surface area contributed by atoms with Crippen molar-refractivity contribution in [3.05, 3.63) is 34.9 Å². The van der Waals surface area contributed by atoms with Crippen LogP contribution in [0.15, 0.2) is 24.3 Å². The Balaban J connectivity index is 2.54. The van der Waals surface area contributed by atoms with E-state index in [4.69, 9.17) is 16.7 Å². The fraction of sp³-hybridized carbons (Fsp3) is 0.417. The third kappa shape index (κ3) is 4.21. The minimum absolute atomic E-state index is 0.0109. The van der Waals surface area contributed by atoms with Gasteiger partial charge in [0, 0.05) is 18.6 Å². The Morgan fingerprint density at radius 2 is 2.00 bits per heavy atom. The molecule has 1 amide bonds. The Labute approximate surface area is 101 Å². The number of hydrogen-bond acceptors (Lipinski definition) is 2. The fourth-order valence-corrected chi connectivity index (χ4v) is 1.54. The van der Waals surface area contributed by atoms with E-state index in [0.717, 1.165) is 5.56 Å². The summed E-state index contributed by atoms with van der Waals surface area (Å²) in [5, 5.41) is 9.82. The van der Waals surface area contributed by atoms with E-state index in [1.54, 1.807) is 26.1 Å². The number of nitrogens with zero attached hydrogens (tertiary/aromatic N) is 1. The summed E-state index contributed by atoms with van der Waals surface area (Å²) in [6.45, 7) is 2.01. The van der Waals surface area contributed by atoms with Crippen molar-refractivity contribution in [1.29, 1.82) is 0 Å². The molecule has 0 radical (unpaired) electrons. The van der Waals surface area contributed by atoms with Gasteiger partial charge in [0.25, 0.3) is 0 Å². The van der Waals surface area contributed by atoms with Gasteiger partial charge >= 0.3 is 0 Å². The maximum absolute atomic E-state index is 11.7. The lowest BCUT2D eigenvalue weighted by atomic mass is 10.1.